The molecule has 2 amide bonds. The second kappa shape index (κ2) is 11.7. The van der Waals surface area contributed by atoms with Crippen LogP contribution in [-0.2, 0) is 29.1 Å². The second-order valence-corrected chi connectivity index (χ2v) is 9.02. The number of halogens is 1. The lowest BCUT2D eigenvalue weighted by Crippen LogP contribution is -2.50. The van der Waals surface area contributed by atoms with Crippen molar-refractivity contribution in [2.75, 3.05) is 14.2 Å². The van der Waals surface area contributed by atoms with Gasteiger partial charge in [-0.25, -0.2) is 0 Å². The van der Waals surface area contributed by atoms with Gasteiger partial charge in [-0.3, -0.25) is 9.59 Å². The predicted molar refractivity (Wildman–Crippen MR) is 136 cm³/mol. The molecule has 178 valence electrons. The van der Waals surface area contributed by atoms with Gasteiger partial charge in [-0.15, -0.1) is 0 Å². The SMILES string of the molecule is COc1ccc(CNC(=O)C(C)(Cc2ccccc2Br)C(=O)NCc2ccc(OC)cc2)cc1. The molecule has 0 saturated heterocycles. The summed E-state index contributed by atoms with van der Waals surface area (Å²) in [6.45, 7) is 2.29. The number of amides is 2. The molecule has 34 heavy (non-hydrogen) atoms. The monoisotopic (exact) mass is 524 g/mol. The molecule has 0 aliphatic rings. The van der Waals surface area contributed by atoms with E-state index in [1.807, 2.05) is 72.8 Å². The summed E-state index contributed by atoms with van der Waals surface area (Å²) in [4.78, 5) is 26.8. The van der Waals surface area contributed by atoms with E-state index in [1.54, 1.807) is 21.1 Å². The lowest BCUT2D eigenvalue weighted by atomic mass is 9.81. The molecule has 0 atom stereocenters. The summed E-state index contributed by atoms with van der Waals surface area (Å²) in [5, 5.41) is 5.88. The first kappa shape index (κ1) is 25.3. The molecule has 0 bridgehead atoms. The molecule has 3 aromatic carbocycles. The summed E-state index contributed by atoms with van der Waals surface area (Å²) in [6.07, 6.45) is 0.247. The maximum Gasteiger partial charge on any atom is 0.236 e. The Morgan fingerprint density at radius 1 is 0.765 bits per heavy atom. The van der Waals surface area contributed by atoms with Gasteiger partial charge >= 0.3 is 0 Å². The van der Waals surface area contributed by atoms with Gasteiger partial charge in [0.2, 0.25) is 11.8 Å². The van der Waals surface area contributed by atoms with Crippen LogP contribution in [0.4, 0.5) is 0 Å². The van der Waals surface area contributed by atoms with Crippen LogP contribution in [0.5, 0.6) is 11.5 Å². The maximum absolute atomic E-state index is 13.4. The summed E-state index contributed by atoms with van der Waals surface area (Å²) in [5.41, 5.74) is 1.39. The van der Waals surface area contributed by atoms with Crippen molar-refractivity contribution >= 4 is 27.7 Å². The van der Waals surface area contributed by atoms with Gasteiger partial charge in [0.1, 0.15) is 16.9 Å². The molecule has 6 nitrogen and oxygen atoms in total. The van der Waals surface area contributed by atoms with Crippen LogP contribution < -0.4 is 20.1 Å². The second-order valence-electron chi connectivity index (χ2n) is 8.16. The van der Waals surface area contributed by atoms with Crippen LogP contribution in [0.3, 0.4) is 0 Å². The first-order valence-electron chi connectivity index (χ1n) is 10.9. The number of benzene rings is 3. The molecule has 0 aliphatic carbocycles. The minimum absolute atomic E-state index is 0.247. The first-order valence-corrected chi connectivity index (χ1v) is 11.7. The Morgan fingerprint density at radius 2 is 1.21 bits per heavy atom. The Hall–Kier alpha value is -3.32. The normalized spacial score (nSPS) is 10.9. The molecule has 3 aromatic rings. The summed E-state index contributed by atoms with van der Waals surface area (Å²) in [7, 11) is 3.21. The summed E-state index contributed by atoms with van der Waals surface area (Å²) in [5.74, 6) is 0.802. The maximum atomic E-state index is 13.4. The van der Waals surface area contributed by atoms with E-state index < -0.39 is 5.41 Å². The van der Waals surface area contributed by atoms with Gasteiger partial charge in [-0.2, -0.15) is 0 Å². The summed E-state index contributed by atoms with van der Waals surface area (Å²) in [6, 6.07) is 22.5. The number of nitrogens with one attached hydrogen (secondary N) is 2. The van der Waals surface area contributed by atoms with Crippen molar-refractivity contribution in [1.29, 1.82) is 0 Å². The van der Waals surface area contributed by atoms with E-state index in [-0.39, 0.29) is 18.2 Å². The molecule has 0 unspecified atom stereocenters. The van der Waals surface area contributed by atoms with Crippen molar-refractivity contribution in [1.82, 2.24) is 10.6 Å². The van der Waals surface area contributed by atoms with Crippen LogP contribution in [0.15, 0.2) is 77.3 Å². The topological polar surface area (TPSA) is 76.7 Å². The van der Waals surface area contributed by atoms with Crippen molar-refractivity contribution in [2.24, 2.45) is 5.41 Å². The van der Waals surface area contributed by atoms with Crippen molar-refractivity contribution in [3.8, 4) is 11.5 Å². The highest BCUT2D eigenvalue weighted by molar-refractivity contribution is 9.10. The minimum Gasteiger partial charge on any atom is -0.497 e. The van der Waals surface area contributed by atoms with E-state index in [0.717, 1.165) is 32.7 Å². The fourth-order valence-corrected chi connectivity index (χ4v) is 3.95. The molecule has 0 aliphatic heterocycles. The highest BCUT2D eigenvalue weighted by Gasteiger charge is 2.41. The molecule has 2 N–H and O–H groups in total. The van der Waals surface area contributed by atoms with E-state index in [4.69, 9.17) is 9.47 Å². The van der Waals surface area contributed by atoms with Crippen LogP contribution in [0, 0.1) is 5.41 Å². The third-order valence-corrected chi connectivity index (χ3v) is 6.50. The van der Waals surface area contributed by atoms with Crippen LogP contribution in [-0.4, -0.2) is 26.0 Å². The van der Waals surface area contributed by atoms with Crippen molar-refractivity contribution in [3.05, 3.63) is 94.0 Å². The van der Waals surface area contributed by atoms with E-state index in [1.165, 1.54) is 0 Å². The van der Waals surface area contributed by atoms with Crippen molar-refractivity contribution in [3.63, 3.8) is 0 Å². The zero-order valence-electron chi connectivity index (χ0n) is 19.6. The molecule has 3 rings (SSSR count). The average Bonchev–Trinajstić information content (AvgIpc) is 2.87. The average molecular weight is 525 g/mol. The van der Waals surface area contributed by atoms with Gasteiger partial charge < -0.3 is 20.1 Å². The molecule has 7 heteroatoms. The van der Waals surface area contributed by atoms with Crippen molar-refractivity contribution in [2.45, 2.75) is 26.4 Å². The van der Waals surface area contributed by atoms with Gasteiger partial charge in [-0.1, -0.05) is 58.4 Å². The molecule has 0 radical (unpaired) electrons. The zero-order valence-corrected chi connectivity index (χ0v) is 21.1. The van der Waals surface area contributed by atoms with Crippen LogP contribution in [0.2, 0.25) is 0 Å². The Bertz CT molecular complexity index is 1050. The van der Waals surface area contributed by atoms with Gasteiger partial charge in [-0.05, 0) is 60.4 Å². The van der Waals surface area contributed by atoms with E-state index in [0.29, 0.717) is 13.1 Å². The van der Waals surface area contributed by atoms with E-state index in [2.05, 4.69) is 26.6 Å². The van der Waals surface area contributed by atoms with Crippen LogP contribution in [0.1, 0.15) is 23.6 Å². The molecule has 0 aromatic heterocycles. The molecular formula is C27H29BrN2O4. The highest BCUT2D eigenvalue weighted by atomic mass is 79.9. The highest BCUT2D eigenvalue weighted by Crippen LogP contribution is 2.28. The number of ether oxygens (including phenoxy) is 2. The molecule has 0 heterocycles. The van der Waals surface area contributed by atoms with Crippen molar-refractivity contribution < 1.29 is 19.1 Å². The number of hydrogen-bond acceptors (Lipinski definition) is 4. The van der Waals surface area contributed by atoms with Crippen LogP contribution in [0.25, 0.3) is 0 Å². The fraction of sp³-hybridized carbons (Fsp3) is 0.259. The Balaban J connectivity index is 1.76. The molecule has 0 saturated carbocycles. The molecule has 0 fully saturated rings. The third-order valence-electron chi connectivity index (χ3n) is 5.73. The lowest BCUT2D eigenvalue weighted by molar-refractivity contribution is -0.142. The number of rotatable bonds is 10. The van der Waals surface area contributed by atoms with Gasteiger partial charge in [0.05, 0.1) is 14.2 Å². The lowest BCUT2D eigenvalue weighted by Gasteiger charge is -2.28. The quantitative estimate of drug-likeness (QED) is 0.378. The Morgan fingerprint density at radius 3 is 1.62 bits per heavy atom. The zero-order chi connectivity index (χ0) is 24.6. The van der Waals surface area contributed by atoms with E-state index in [9.17, 15) is 9.59 Å². The molecular weight excluding hydrogens is 496 g/mol. The smallest absolute Gasteiger partial charge is 0.236 e. The number of carbonyl (C=O) groups is 2. The Labute approximate surface area is 208 Å². The summed E-state index contributed by atoms with van der Waals surface area (Å²) < 4.78 is 11.2. The number of methoxy groups -OCH3 is 2. The first-order chi connectivity index (χ1) is 16.4. The standard InChI is InChI=1S/C27H29BrN2O4/c1-27(16-21-6-4-5-7-24(21)28,25(31)29-17-19-8-12-22(33-2)13-9-19)26(32)30-18-20-10-14-23(34-3)15-11-20/h4-15H,16-18H2,1-3H3,(H,29,31)(H,30,32). The summed E-state index contributed by atoms with van der Waals surface area (Å²) >= 11 is 3.54. The number of carbonyl (C=O) groups excluding carboxylic acids is 2. The fourth-order valence-electron chi connectivity index (χ4n) is 3.53. The Kier molecular flexibility index (Phi) is 8.71. The third kappa shape index (κ3) is 6.38. The van der Waals surface area contributed by atoms with Gasteiger partial charge in [0.15, 0.2) is 0 Å². The van der Waals surface area contributed by atoms with E-state index >= 15 is 0 Å². The number of hydrogen-bond donors (Lipinski definition) is 2. The predicted octanol–water partition coefficient (Wildman–Crippen LogP) is 4.65. The van der Waals surface area contributed by atoms with Gasteiger partial charge in [0.25, 0.3) is 0 Å². The van der Waals surface area contributed by atoms with Crippen LogP contribution >= 0.6 is 15.9 Å². The molecule has 0 spiro atoms. The largest absolute Gasteiger partial charge is 0.497 e. The van der Waals surface area contributed by atoms with Gasteiger partial charge in [0, 0.05) is 17.6 Å². The minimum atomic E-state index is -1.32.